The molecule has 11 heavy (non-hydrogen) atoms. The van der Waals surface area contributed by atoms with E-state index in [-0.39, 0.29) is 11.7 Å². The van der Waals surface area contributed by atoms with E-state index in [1.54, 1.807) is 0 Å². The number of hydrogen-bond donors (Lipinski definition) is 0. The van der Waals surface area contributed by atoms with Gasteiger partial charge in [0.25, 0.3) is 0 Å². The van der Waals surface area contributed by atoms with Crippen LogP contribution in [-0.2, 0) is 4.79 Å². The highest BCUT2D eigenvalue weighted by Crippen LogP contribution is 2.10. The van der Waals surface area contributed by atoms with Crippen molar-refractivity contribution in [3.05, 3.63) is 11.6 Å². The zero-order chi connectivity index (χ0) is 8.27. The quantitative estimate of drug-likeness (QED) is 0.582. The Morgan fingerprint density at radius 2 is 2.55 bits per heavy atom. The predicted molar refractivity (Wildman–Crippen MR) is 45.9 cm³/mol. The first-order chi connectivity index (χ1) is 5.24. The molecule has 0 aromatic carbocycles. The van der Waals surface area contributed by atoms with E-state index in [4.69, 9.17) is 11.6 Å². The van der Waals surface area contributed by atoms with Crippen molar-refractivity contribution in [3.63, 3.8) is 0 Å². The van der Waals surface area contributed by atoms with Crippen molar-refractivity contribution >= 4 is 17.4 Å². The minimum absolute atomic E-state index is 0.0831. The molecule has 0 aromatic rings. The first-order valence-corrected chi connectivity index (χ1v) is 4.24. The lowest BCUT2D eigenvalue weighted by molar-refractivity contribution is -0.113. The number of hydrogen-bond acceptors (Lipinski definition) is 2. The van der Waals surface area contributed by atoms with Crippen molar-refractivity contribution in [2.45, 2.75) is 6.42 Å². The number of alkyl halides is 1. The molecule has 0 saturated heterocycles. The molecule has 0 aliphatic carbocycles. The summed E-state index contributed by atoms with van der Waals surface area (Å²) in [5.74, 6) is 0.204. The van der Waals surface area contributed by atoms with Gasteiger partial charge in [-0.3, -0.25) is 4.79 Å². The summed E-state index contributed by atoms with van der Waals surface area (Å²) in [7, 11) is 2.04. The first kappa shape index (κ1) is 8.75. The number of halogens is 1. The number of ketones is 1. The van der Waals surface area contributed by atoms with Crippen LogP contribution in [-0.4, -0.2) is 36.7 Å². The van der Waals surface area contributed by atoms with Gasteiger partial charge in [-0.15, -0.1) is 11.6 Å². The Balaban J connectivity index is 2.54. The molecular weight excluding hydrogens is 162 g/mol. The Morgan fingerprint density at radius 3 is 3.00 bits per heavy atom. The standard InChI is InChI=1S/C8H12ClNO/c1-10-4-2-7(3-5-10)8(11)6-9/h2H,3-6H2,1H3. The molecule has 0 fully saturated rings. The van der Waals surface area contributed by atoms with Gasteiger partial charge in [0.05, 0.1) is 5.88 Å². The molecule has 62 valence electrons. The van der Waals surface area contributed by atoms with Gasteiger partial charge in [-0.1, -0.05) is 6.08 Å². The normalized spacial score (nSPS) is 19.6. The predicted octanol–water partition coefficient (Wildman–Crippen LogP) is 1.06. The van der Waals surface area contributed by atoms with E-state index in [9.17, 15) is 4.79 Å². The molecule has 1 rings (SSSR count). The number of nitrogens with zero attached hydrogens (tertiary/aromatic N) is 1. The van der Waals surface area contributed by atoms with Crippen molar-refractivity contribution in [1.82, 2.24) is 4.90 Å². The minimum Gasteiger partial charge on any atom is -0.302 e. The Morgan fingerprint density at radius 1 is 1.82 bits per heavy atom. The van der Waals surface area contributed by atoms with E-state index in [0.717, 1.165) is 25.1 Å². The molecule has 2 nitrogen and oxygen atoms in total. The Labute approximate surface area is 71.8 Å². The topological polar surface area (TPSA) is 20.3 Å². The van der Waals surface area contributed by atoms with Gasteiger partial charge in [-0.05, 0) is 19.0 Å². The molecule has 0 saturated carbocycles. The second-order valence-corrected chi connectivity index (χ2v) is 3.07. The Bertz CT molecular complexity index is 189. The molecule has 0 aromatic heterocycles. The number of carbonyl (C=O) groups is 1. The second kappa shape index (κ2) is 3.88. The van der Waals surface area contributed by atoms with Crippen molar-refractivity contribution in [2.24, 2.45) is 0 Å². The first-order valence-electron chi connectivity index (χ1n) is 3.71. The lowest BCUT2D eigenvalue weighted by Crippen LogP contribution is -2.26. The zero-order valence-electron chi connectivity index (χ0n) is 6.64. The van der Waals surface area contributed by atoms with Gasteiger partial charge in [0.15, 0.2) is 5.78 Å². The van der Waals surface area contributed by atoms with Crippen LogP contribution in [0, 0.1) is 0 Å². The monoisotopic (exact) mass is 173 g/mol. The van der Waals surface area contributed by atoms with Crippen LogP contribution in [0.15, 0.2) is 11.6 Å². The fourth-order valence-electron chi connectivity index (χ4n) is 1.11. The molecule has 0 spiro atoms. The second-order valence-electron chi connectivity index (χ2n) is 2.80. The van der Waals surface area contributed by atoms with Crippen LogP contribution in [0.5, 0.6) is 0 Å². The maximum atomic E-state index is 11.1. The highest BCUT2D eigenvalue weighted by Gasteiger charge is 2.12. The highest BCUT2D eigenvalue weighted by atomic mass is 35.5. The summed E-state index contributed by atoms with van der Waals surface area (Å²) < 4.78 is 0. The van der Waals surface area contributed by atoms with Gasteiger partial charge in [0, 0.05) is 13.1 Å². The largest absolute Gasteiger partial charge is 0.302 e. The summed E-state index contributed by atoms with van der Waals surface area (Å²) in [6.07, 6.45) is 2.82. The summed E-state index contributed by atoms with van der Waals surface area (Å²) >= 11 is 5.42. The Hall–Kier alpha value is -0.340. The molecule has 1 heterocycles. The number of Topliss-reactive ketones (excluding diaryl/α,β-unsaturated/α-hetero) is 1. The third-order valence-electron chi connectivity index (χ3n) is 1.89. The fraction of sp³-hybridized carbons (Fsp3) is 0.625. The van der Waals surface area contributed by atoms with Crippen LogP contribution in [0.4, 0.5) is 0 Å². The molecule has 0 unspecified atom stereocenters. The molecule has 0 radical (unpaired) electrons. The van der Waals surface area contributed by atoms with Gasteiger partial charge < -0.3 is 4.90 Å². The van der Waals surface area contributed by atoms with Crippen molar-refractivity contribution in [1.29, 1.82) is 0 Å². The van der Waals surface area contributed by atoms with E-state index in [0.29, 0.717) is 0 Å². The van der Waals surface area contributed by atoms with Crippen LogP contribution in [0.3, 0.4) is 0 Å². The number of carbonyl (C=O) groups excluding carboxylic acids is 1. The molecular formula is C8H12ClNO. The molecule has 1 aliphatic rings. The highest BCUT2D eigenvalue weighted by molar-refractivity contribution is 6.30. The summed E-state index contributed by atoms with van der Waals surface area (Å²) in [6, 6.07) is 0. The summed E-state index contributed by atoms with van der Waals surface area (Å²) in [6.45, 7) is 1.84. The third kappa shape index (κ3) is 2.31. The van der Waals surface area contributed by atoms with E-state index in [1.807, 2.05) is 13.1 Å². The summed E-state index contributed by atoms with van der Waals surface area (Å²) in [5.41, 5.74) is 0.901. The molecule has 0 amide bonds. The third-order valence-corrected chi connectivity index (χ3v) is 2.13. The van der Waals surface area contributed by atoms with Crippen LogP contribution in [0.2, 0.25) is 0 Å². The van der Waals surface area contributed by atoms with Gasteiger partial charge in [-0.2, -0.15) is 0 Å². The van der Waals surface area contributed by atoms with E-state index in [2.05, 4.69) is 4.90 Å². The van der Waals surface area contributed by atoms with Crippen molar-refractivity contribution in [3.8, 4) is 0 Å². The Kier molecular flexibility index (Phi) is 3.09. The molecule has 0 atom stereocenters. The summed E-state index contributed by atoms with van der Waals surface area (Å²) in [4.78, 5) is 13.2. The van der Waals surface area contributed by atoms with E-state index in [1.165, 1.54) is 0 Å². The molecule has 3 heteroatoms. The van der Waals surface area contributed by atoms with Crippen molar-refractivity contribution in [2.75, 3.05) is 26.0 Å². The maximum Gasteiger partial charge on any atom is 0.173 e. The van der Waals surface area contributed by atoms with Gasteiger partial charge in [-0.25, -0.2) is 0 Å². The van der Waals surface area contributed by atoms with Crippen LogP contribution >= 0.6 is 11.6 Å². The lowest BCUT2D eigenvalue weighted by atomic mass is 10.1. The van der Waals surface area contributed by atoms with Crippen LogP contribution < -0.4 is 0 Å². The smallest absolute Gasteiger partial charge is 0.173 e. The van der Waals surface area contributed by atoms with E-state index < -0.39 is 0 Å². The average Bonchev–Trinajstić information content (AvgIpc) is 2.05. The van der Waals surface area contributed by atoms with Gasteiger partial charge >= 0.3 is 0 Å². The van der Waals surface area contributed by atoms with Crippen LogP contribution in [0.25, 0.3) is 0 Å². The molecule has 1 aliphatic heterocycles. The van der Waals surface area contributed by atoms with Gasteiger partial charge in [0.2, 0.25) is 0 Å². The average molecular weight is 174 g/mol. The van der Waals surface area contributed by atoms with Crippen molar-refractivity contribution < 1.29 is 4.79 Å². The maximum absolute atomic E-state index is 11.1. The zero-order valence-corrected chi connectivity index (χ0v) is 7.40. The van der Waals surface area contributed by atoms with Crippen LogP contribution in [0.1, 0.15) is 6.42 Å². The fourth-order valence-corrected chi connectivity index (χ4v) is 1.28. The van der Waals surface area contributed by atoms with E-state index >= 15 is 0 Å². The molecule has 0 N–H and O–H groups in total. The van der Waals surface area contributed by atoms with Gasteiger partial charge in [0.1, 0.15) is 0 Å². The SMILES string of the molecule is CN1CC=C(C(=O)CCl)CC1. The number of likely N-dealkylation sites (N-methyl/N-ethyl adjacent to an activating group) is 1. The molecule has 0 bridgehead atoms. The minimum atomic E-state index is 0.0831. The lowest BCUT2D eigenvalue weighted by Gasteiger charge is -2.20. The number of rotatable bonds is 2. The summed E-state index contributed by atoms with van der Waals surface area (Å²) in [5, 5.41) is 0.